The van der Waals surface area contributed by atoms with Crippen molar-refractivity contribution in [3.05, 3.63) is 91.4 Å². The van der Waals surface area contributed by atoms with E-state index >= 15 is 0 Å². The first-order valence-corrected chi connectivity index (χ1v) is 8.74. The summed E-state index contributed by atoms with van der Waals surface area (Å²) in [4.78, 5) is 15.2. The lowest BCUT2D eigenvalue weighted by atomic mass is 10.0. The maximum absolute atomic E-state index is 11.1. The van der Waals surface area contributed by atoms with Gasteiger partial charge in [0, 0.05) is 11.3 Å². The molecule has 0 atom stereocenters. The Morgan fingerprint density at radius 3 is 2.74 bits per heavy atom. The molecule has 2 aromatic rings. The number of aliphatic hydroxyl groups excluding tert-OH is 1. The molecule has 0 bridgehead atoms. The normalized spacial score (nSPS) is 15.4. The highest BCUT2D eigenvalue weighted by atomic mass is 35.5. The van der Waals surface area contributed by atoms with Crippen molar-refractivity contribution in [2.75, 3.05) is 0 Å². The predicted molar refractivity (Wildman–Crippen MR) is 101 cm³/mol. The standard InChI is InChI=1S/C20H15ClN2O4/c21-19-17(24)10-18(27-11-12-4-2-1-3-5-12)15-9-13-8-14(23(25)26)6-7-16(13)22-20(15)19/h1-7,9,24H,8,10-11H2. The monoisotopic (exact) mass is 382 g/mol. The first kappa shape index (κ1) is 17.3. The Hall–Kier alpha value is -3.12. The summed E-state index contributed by atoms with van der Waals surface area (Å²) >= 11 is 6.26. The van der Waals surface area contributed by atoms with Crippen molar-refractivity contribution in [2.45, 2.75) is 19.4 Å². The Labute approximate surface area is 159 Å². The third kappa shape index (κ3) is 3.31. The van der Waals surface area contributed by atoms with Gasteiger partial charge in [0.05, 0.1) is 28.8 Å². The van der Waals surface area contributed by atoms with Crippen molar-refractivity contribution in [3.63, 3.8) is 0 Å². The molecule has 4 rings (SSSR count). The number of nitrogens with zero attached hydrogens (tertiary/aromatic N) is 2. The fourth-order valence-electron chi connectivity index (χ4n) is 3.12. The highest BCUT2D eigenvalue weighted by Gasteiger charge is 2.23. The van der Waals surface area contributed by atoms with Gasteiger partial charge in [-0.3, -0.25) is 10.1 Å². The summed E-state index contributed by atoms with van der Waals surface area (Å²) in [6.07, 6.45) is 3.37. The first-order valence-electron chi connectivity index (χ1n) is 8.36. The zero-order valence-corrected chi connectivity index (χ0v) is 14.9. The van der Waals surface area contributed by atoms with Crippen LogP contribution in [0.4, 0.5) is 0 Å². The van der Waals surface area contributed by atoms with Gasteiger partial charge < -0.3 is 9.84 Å². The molecular weight excluding hydrogens is 368 g/mol. The number of pyridine rings is 1. The van der Waals surface area contributed by atoms with Crippen molar-refractivity contribution in [1.29, 1.82) is 0 Å². The van der Waals surface area contributed by atoms with Crippen molar-refractivity contribution >= 4 is 28.5 Å². The zero-order chi connectivity index (χ0) is 19.0. The fourth-order valence-corrected chi connectivity index (χ4v) is 3.34. The van der Waals surface area contributed by atoms with Gasteiger partial charge in [-0.2, -0.15) is 0 Å². The third-order valence-corrected chi connectivity index (χ3v) is 4.92. The number of aromatic nitrogens is 1. The van der Waals surface area contributed by atoms with Gasteiger partial charge >= 0.3 is 0 Å². The maximum atomic E-state index is 11.1. The topological polar surface area (TPSA) is 85.5 Å². The van der Waals surface area contributed by atoms with E-state index in [0.717, 1.165) is 11.1 Å². The van der Waals surface area contributed by atoms with Crippen molar-refractivity contribution in [2.24, 2.45) is 0 Å². The molecule has 0 unspecified atom stereocenters. The summed E-state index contributed by atoms with van der Waals surface area (Å²) < 4.78 is 5.94. The Morgan fingerprint density at radius 1 is 1.22 bits per heavy atom. The van der Waals surface area contributed by atoms with E-state index < -0.39 is 4.92 Å². The van der Waals surface area contributed by atoms with Crippen LogP contribution in [0.2, 0.25) is 0 Å². The Balaban J connectivity index is 1.79. The van der Waals surface area contributed by atoms with Crippen LogP contribution in [0.3, 0.4) is 0 Å². The molecule has 0 saturated heterocycles. The van der Waals surface area contributed by atoms with Crippen LogP contribution < -0.4 is 10.6 Å². The quantitative estimate of drug-likeness (QED) is 0.649. The number of fused-ring (bicyclic) bond motifs is 2. The van der Waals surface area contributed by atoms with E-state index in [4.69, 9.17) is 16.3 Å². The molecule has 7 heteroatoms. The molecule has 136 valence electrons. The van der Waals surface area contributed by atoms with E-state index in [9.17, 15) is 15.2 Å². The number of aliphatic hydroxyl groups is 1. The average Bonchev–Trinajstić information content (AvgIpc) is 2.69. The van der Waals surface area contributed by atoms with Gasteiger partial charge in [0.25, 0.3) is 5.70 Å². The molecule has 2 aliphatic carbocycles. The third-order valence-electron chi connectivity index (χ3n) is 4.52. The molecule has 1 heterocycles. The second-order valence-electron chi connectivity index (χ2n) is 6.32. The fraction of sp³-hybridized carbons (Fsp3) is 0.150. The van der Waals surface area contributed by atoms with Gasteiger partial charge in [0.15, 0.2) is 0 Å². The van der Waals surface area contributed by atoms with Crippen LogP contribution in [0.5, 0.6) is 0 Å². The molecule has 2 aliphatic rings. The molecule has 0 spiro atoms. The molecule has 0 amide bonds. The molecule has 0 aliphatic heterocycles. The van der Waals surface area contributed by atoms with Crippen LogP contribution >= 0.6 is 11.6 Å². The lowest BCUT2D eigenvalue weighted by Gasteiger charge is -2.18. The molecule has 1 N–H and O–H groups in total. The van der Waals surface area contributed by atoms with Crippen LogP contribution in [-0.2, 0) is 17.8 Å². The van der Waals surface area contributed by atoms with Crippen molar-refractivity contribution < 1.29 is 14.8 Å². The van der Waals surface area contributed by atoms with Gasteiger partial charge in [-0.25, -0.2) is 4.98 Å². The predicted octanol–water partition coefficient (Wildman–Crippen LogP) is 2.77. The molecule has 0 fully saturated rings. The Bertz CT molecular complexity index is 1120. The van der Waals surface area contributed by atoms with Crippen molar-refractivity contribution in [1.82, 2.24) is 4.98 Å². The summed E-state index contributed by atoms with van der Waals surface area (Å²) in [5, 5.41) is 22.7. The largest absolute Gasteiger partial charge is 0.510 e. The summed E-state index contributed by atoms with van der Waals surface area (Å²) in [7, 11) is 0. The molecule has 6 nitrogen and oxygen atoms in total. The van der Waals surface area contributed by atoms with Crippen LogP contribution in [0, 0.1) is 10.1 Å². The molecule has 0 radical (unpaired) electrons. The Morgan fingerprint density at radius 2 is 2.00 bits per heavy atom. The van der Waals surface area contributed by atoms with Gasteiger partial charge in [-0.1, -0.05) is 41.9 Å². The average molecular weight is 383 g/mol. The number of halogens is 1. The van der Waals surface area contributed by atoms with Crippen LogP contribution in [0.15, 0.2) is 53.9 Å². The van der Waals surface area contributed by atoms with Crippen LogP contribution in [-0.4, -0.2) is 15.0 Å². The smallest absolute Gasteiger partial charge is 0.250 e. The van der Waals surface area contributed by atoms with Gasteiger partial charge in [0.1, 0.15) is 23.2 Å². The molecule has 1 aromatic heterocycles. The van der Waals surface area contributed by atoms with Gasteiger partial charge in [0.2, 0.25) is 0 Å². The number of benzene rings is 1. The number of nitro groups is 1. The summed E-state index contributed by atoms with van der Waals surface area (Å²) in [6, 6.07) is 11.5. The second kappa shape index (κ2) is 6.89. The van der Waals surface area contributed by atoms with E-state index in [2.05, 4.69) is 4.98 Å². The zero-order valence-electron chi connectivity index (χ0n) is 14.2. The van der Waals surface area contributed by atoms with E-state index in [1.165, 1.54) is 6.08 Å². The Kier molecular flexibility index (Phi) is 4.41. The molecule has 27 heavy (non-hydrogen) atoms. The van der Waals surface area contributed by atoms with Crippen LogP contribution in [0.1, 0.15) is 23.2 Å². The van der Waals surface area contributed by atoms with Crippen LogP contribution in [0.25, 0.3) is 16.9 Å². The molecule has 0 saturated carbocycles. The number of hydrogen-bond acceptors (Lipinski definition) is 5. The SMILES string of the molecule is O=[N+]([O-])C1=CC=c2nc3c(cc2C1)=C(OCc1ccccc1)CC(O)=C3Cl. The second-order valence-corrected chi connectivity index (χ2v) is 6.70. The molecular formula is C20H15ClN2O4. The number of rotatable bonds is 4. The summed E-state index contributed by atoms with van der Waals surface area (Å²) in [5.41, 5.74) is 2.26. The lowest BCUT2D eigenvalue weighted by molar-refractivity contribution is -0.427. The summed E-state index contributed by atoms with van der Waals surface area (Å²) in [6.45, 7) is 0.337. The van der Waals surface area contributed by atoms with E-state index in [0.29, 0.717) is 28.6 Å². The molecule has 1 aromatic carbocycles. The van der Waals surface area contributed by atoms with Gasteiger partial charge in [-0.05, 0) is 23.3 Å². The van der Waals surface area contributed by atoms with E-state index in [1.807, 2.05) is 36.4 Å². The van der Waals surface area contributed by atoms with E-state index in [1.54, 1.807) is 6.08 Å². The highest BCUT2D eigenvalue weighted by molar-refractivity contribution is 6.49. The minimum atomic E-state index is -0.395. The highest BCUT2D eigenvalue weighted by Crippen LogP contribution is 2.28. The minimum absolute atomic E-state index is 0.00277. The number of allylic oxidation sites excluding steroid dienone is 2. The maximum Gasteiger partial charge on any atom is 0.250 e. The van der Waals surface area contributed by atoms with E-state index in [-0.39, 0.29) is 29.3 Å². The van der Waals surface area contributed by atoms with Crippen molar-refractivity contribution in [3.8, 4) is 0 Å². The number of ether oxygens (including phenoxy) is 1. The lowest BCUT2D eigenvalue weighted by Crippen LogP contribution is -2.30. The first-order chi connectivity index (χ1) is 13.0. The summed E-state index contributed by atoms with van der Waals surface area (Å²) in [5.74, 6) is 0.542. The van der Waals surface area contributed by atoms with Gasteiger partial charge in [-0.15, -0.1) is 0 Å². The minimum Gasteiger partial charge on any atom is -0.510 e. The number of hydrogen-bond donors (Lipinski definition) is 1.